The Labute approximate surface area is 190 Å². The molecule has 160 valence electrons. The van der Waals surface area contributed by atoms with Crippen molar-refractivity contribution in [2.24, 2.45) is 0 Å². The van der Waals surface area contributed by atoms with Crippen molar-refractivity contribution in [2.45, 2.75) is 35.6 Å². The van der Waals surface area contributed by atoms with Crippen molar-refractivity contribution >= 4 is 34.6 Å². The lowest BCUT2D eigenvalue weighted by molar-refractivity contribution is 0.327. The summed E-state index contributed by atoms with van der Waals surface area (Å²) >= 11 is 3.40. The Balaban J connectivity index is 1.38. The number of aryl methyl sites for hydroxylation is 1. The number of fused-ring (bicyclic) bond motifs is 1. The highest BCUT2D eigenvalue weighted by Gasteiger charge is 2.13. The van der Waals surface area contributed by atoms with Crippen molar-refractivity contribution in [3.05, 3.63) is 77.9 Å². The molecular formula is C24H24FN3OS2. The number of nitrogens with zero attached hydrogens (tertiary/aromatic N) is 2. The Hall–Kier alpha value is -2.51. The summed E-state index contributed by atoms with van der Waals surface area (Å²) in [6, 6.07) is 16.8. The first-order valence-corrected chi connectivity index (χ1v) is 12.3. The smallest absolute Gasteiger partial charge is 0.166 e. The second kappa shape index (κ2) is 10.7. The Bertz CT molecular complexity index is 1100. The number of benzene rings is 2. The van der Waals surface area contributed by atoms with Gasteiger partial charge in [-0.1, -0.05) is 36.0 Å². The predicted molar refractivity (Wildman–Crippen MR) is 127 cm³/mol. The highest BCUT2D eigenvalue weighted by Crippen LogP contribution is 2.35. The zero-order chi connectivity index (χ0) is 21.5. The Morgan fingerprint density at radius 1 is 1.03 bits per heavy atom. The number of ether oxygens (including phenoxy) is 1. The summed E-state index contributed by atoms with van der Waals surface area (Å²) in [6.07, 6.45) is 3.78. The number of imidazole rings is 1. The molecule has 2 heterocycles. The lowest BCUT2D eigenvalue weighted by atomic mass is 10.1. The minimum absolute atomic E-state index is 0.190. The van der Waals surface area contributed by atoms with Crippen LogP contribution in [0.2, 0.25) is 0 Å². The third kappa shape index (κ3) is 5.80. The second-order valence-electron chi connectivity index (χ2n) is 6.94. The highest BCUT2D eigenvalue weighted by molar-refractivity contribution is 7.99. The summed E-state index contributed by atoms with van der Waals surface area (Å²) in [6.45, 7) is 2.59. The molecule has 0 saturated carbocycles. The molecule has 31 heavy (non-hydrogen) atoms. The van der Waals surface area contributed by atoms with E-state index in [4.69, 9.17) is 4.74 Å². The van der Waals surface area contributed by atoms with Gasteiger partial charge in [-0.05, 0) is 61.4 Å². The maximum Gasteiger partial charge on any atom is 0.166 e. The predicted octanol–water partition coefficient (Wildman–Crippen LogP) is 6.51. The zero-order valence-electron chi connectivity index (χ0n) is 17.3. The maximum absolute atomic E-state index is 13.0. The van der Waals surface area contributed by atoms with Gasteiger partial charge < -0.3 is 9.72 Å². The van der Waals surface area contributed by atoms with Crippen LogP contribution in [0.15, 0.2) is 70.8 Å². The van der Waals surface area contributed by atoms with Crippen molar-refractivity contribution in [3.63, 3.8) is 0 Å². The van der Waals surface area contributed by atoms with Crippen LogP contribution in [-0.4, -0.2) is 27.3 Å². The quantitative estimate of drug-likeness (QED) is 0.219. The van der Waals surface area contributed by atoms with E-state index in [-0.39, 0.29) is 5.82 Å². The number of nitrogens with one attached hydrogen (secondary N) is 1. The molecule has 0 aliphatic heterocycles. The average Bonchev–Trinajstić information content (AvgIpc) is 3.21. The van der Waals surface area contributed by atoms with E-state index in [1.165, 1.54) is 12.1 Å². The number of aromatic nitrogens is 3. The summed E-state index contributed by atoms with van der Waals surface area (Å²) < 4.78 is 19.0. The van der Waals surface area contributed by atoms with Crippen molar-refractivity contribution in [1.29, 1.82) is 0 Å². The number of thioether (sulfide) groups is 2. The Morgan fingerprint density at radius 3 is 2.68 bits per heavy atom. The number of rotatable bonds is 10. The van der Waals surface area contributed by atoms with Crippen molar-refractivity contribution in [1.82, 2.24) is 15.0 Å². The molecule has 0 unspecified atom stereocenters. The van der Waals surface area contributed by atoms with E-state index in [9.17, 15) is 4.39 Å². The number of hydrogen-bond donors (Lipinski definition) is 1. The van der Waals surface area contributed by atoms with E-state index in [2.05, 4.69) is 15.0 Å². The first-order valence-electron chi connectivity index (χ1n) is 10.3. The summed E-state index contributed by atoms with van der Waals surface area (Å²) in [7, 11) is 0. The molecule has 7 heteroatoms. The maximum atomic E-state index is 13.0. The largest absolute Gasteiger partial charge is 0.491 e. The van der Waals surface area contributed by atoms with Gasteiger partial charge in [-0.15, -0.1) is 11.8 Å². The molecule has 4 rings (SSSR count). The van der Waals surface area contributed by atoms with Gasteiger partial charge in [-0.25, -0.2) is 9.37 Å². The van der Waals surface area contributed by atoms with Crippen LogP contribution < -0.4 is 4.74 Å². The molecule has 0 atom stereocenters. The van der Waals surface area contributed by atoms with E-state index in [0.717, 1.165) is 56.7 Å². The number of pyridine rings is 1. The summed E-state index contributed by atoms with van der Waals surface area (Å²) in [4.78, 5) is 13.7. The molecule has 4 nitrogen and oxygen atoms in total. The van der Waals surface area contributed by atoms with Crippen LogP contribution >= 0.6 is 23.5 Å². The molecular weight excluding hydrogens is 429 g/mol. The first-order chi connectivity index (χ1) is 15.2. The molecule has 0 radical (unpaired) electrons. The summed E-state index contributed by atoms with van der Waals surface area (Å²) in [5.74, 6) is 2.31. The molecule has 2 aromatic carbocycles. The molecule has 0 spiro atoms. The normalized spacial score (nSPS) is 11.2. The zero-order valence-corrected chi connectivity index (χ0v) is 18.9. The van der Waals surface area contributed by atoms with Gasteiger partial charge >= 0.3 is 0 Å². The van der Waals surface area contributed by atoms with Gasteiger partial charge in [-0.3, -0.25) is 4.98 Å². The number of H-pyrrole nitrogens is 1. The van der Waals surface area contributed by atoms with Gasteiger partial charge in [0.1, 0.15) is 5.82 Å². The standard InChI is InChI=1S/C24H24FN3OS2/c1-2-29-23-21(16-31-24-27-19-7-3-4-8-20(19)28-24)26-14-13-22(23)30-15-5-6-17-9-11-18(25)12-10-17/h3-4,7-14H,2,5-6,15-16H2,1H3,(H,27,28). The number of hydrogen-bond acceptors (Lipinski definition) is 5. The van der Waals surface area contributed by atoms with Crippen LogP contribution in [0.3, 0.4) is 0 Å². The third-order valence-corrected chi connectivity index (χ3v) is 6.73. The average molecular weight is 454 g/mol. The molecule has 0 saturated heterocycles. The van der Waals surface area contributed by atoms with E-state index in [1.54, 1.807) is 23.5 Å². The molecule has 4 aromatic rings. The SMILES string of the molecule is CCOc1c(SCCCc2ccc(F)cc2)ccnc1CSc1nc2ccccc2[nH]1. The van der Waals surface area contributed by atoms with Gasteiger partial charge in [-0.2, -0.15) is 0 Å². The van der Waals surface area contributed by atoms with Crippen LogP contribution in [0, 0.1) is 5.82 Å². The second-order valence-corrected chi connectivity index (χ2v) is 9.04. The lowest BCUT2D eigenvalue weighted by Gasteiger charge is -2.13. The molecule has 0 bridgehead atoms. The molecule has 0 fully saturated rings. The van der Waals surface area contributed by atoms with Gasteiger partial charge in [0, 0.05) is 11.9 Å². The first kappa shape index (κ1) is 21.7. The number of para-hydroxylation sites is 2. The Morgan fingerprint density at radius 2 is 1.87 bits per heavy atom. The van der Waals surface area contributed by atoms with E-state index in [1.807, 2.05) is 55.6 Å². The Kier molecular flexibility index (Phi) is 7.48. The topological polar surface area (TPSA) is 50.8 Å². The third-order valence-electron chi connectivity index (χ3n) is 4.72. The minimum atomic E-state index is -0.190. The van der Waals surface area contributed by atoms with Crippen LogP contribution in [-0.2, 0) is 12.2 Å². The van der Waals surface area contributed by atoms with E-state index < -0.39 is 0 Å². The lowest BCUT2D eigenvalue weighted by Crippen LogP contribution is -2.01. The summed E-state index contributed by atoms with van der Waals surface area (Å²) in [5.41, 5.74) is 4.09. The van der Waals surface area contributed by atoms with Crippen LogP contribution in [0.5, 0.6) is 5.75 Å². The van der Waals surface area contributed by atoms with Gasteiger partial charge in [0.25, 0.3) is 0 Å². The number of aromatic amines is 1. The fourth-order valence-corrected chi connectivity index (χ4v) is 5.03. The molecule has 0 aliphatic carbocycles. The van der Waals surface area contributed by atoms with Crippen molar-refractivity contribution in [2.75, 3.05) is 12.4 Å². The molecule has 0 aliphatic rings. The molecule has 2 aromatic heterocycles. The van der Waals surface area contributed by atoms with E-state index >= 15 is 0 Å². The fraction of sp³-hybridized carbons (Fsp3) is 0.250. The highest BCUT2D eigenvalue weighted by atomic mass is 32.2. The van der Waals surface area contributed by atoms with Gasteiger partial charge in [0.05, 0.1) is 28.2 Å². The molecule has 0 amide bonds. The van der Waals surface area contributed by atoms with E-state index in [0.29, 0.717) is 12.4 Å². The van der Waals surface area contributed by atoms with Gasteiger partial charge in [0.15, 0.2) is 10.9 Å². The fourth-order valence-electron chi connectivity index (χ4n) is 3.23. The number of halogens is 1. The van der Waals surface area contributed by atoms with Crippen LogP contribution in [0.25, 0.3) is 11.0 Å². The van der Waals surface area contributed by atoms with Crippen LogP contribution in [0.1, 0.15) is 24.6 Å². The van der Waals surface area contributed by atoms with Crippen molar-refractivity contribution < 1.29 is 9.13 Å². The van der Waals surface area contributed by atoms with Gasteiger partial charge in [0.2, 0.25) is 0 Å². The molecule has 1 N–H and O–H groups in total. The summed E-state index contributed by atoms with van der Waals surface area (Å²) in [5, 5.41) is 0.878. The monoisotopic (exact) mass is 453 g/mol. The van der Waals surface area contributed by atoms with Crippen molar-refractivity contribution in [3.8, 4) is 5.75 Å². The van der Waals surface area contributed by atoms with Crippen LogP contribution in [0.4, 0.5) is 4.39 Å². The minimum Gasteiger partial charge on any atom is -0.491 e.